The fraction of sp³-hybridized carbons (Fsp3) is 0.900. The standard InChI is InChI=1S/C10H17F3OS/c1-3-8(2)15-7-9(14)5-4-6-10(11,12)13/h8H,3-7H2,1-2H3. The van der Waals surface area contributed by atoms with Crippen molar-refractivity contribution < 1.29 is 18.0 Å². The van der Waals surface area contributed by atoms with Crippen molar-refractivity contribution in [1.29, 1.82) is 0 Å². The van der Waals surface area contributed by atoms with Crippen molar-refractivity contribution in [2.75, 3.05) is 5.75 Å². The number of halogens is 3. The largest absolute Gasteiger partial charge is 0.389 e. The Bertz CT molecular complexity index is 192. The van der Waals surface area contributed by atoms with E-state index in [1.807, 2.05) is 13.8 Å². The molecular weight excluding hydrogens is 225 g/mol. The van der Waals surface area contributed by atoms with Gasteiger partial charge in [-0.15, -0.1) is 0 Å². The fourth-order valence-corrected chi connectivity index (χ4v) is 1.76. The monoisotopic (exact) mass is 242 g/mol. The van der Waals surface area contributed by atoms with E-state index in [9.17, 15) is 18.0 Å². The number of thioether (sulfide) groups is 1. The van der Waals surface area contributed by atoms with Crippen LogP contribution in [0.5, 0.6) is 0 Å². The van der Waals surface area contributed by atoms with E-state index in [1.54, 1.807) is 0 Å². The minimum absolute atomic E-state index is 0.0446. The summed E-state index contributed by atoms with van der Waals surface area (Å²) >= 11 is 1.51. The van der Waals surface area contributed by atoms with E-state index in [0.29, 0.717) is 11.0 Å². The average Bonchev–Trinajstić information content (AvgIpc) is 2.12. The topological polar surface area (TPSA) is 17.1 Å². The molecule has 0 fully saturated rings. The molecule has 0 radical (unpaired) electrons. The molecule has 0 aliphatic heterocycles. The van der Waals surface area contributed by atoms with Gasteiger partial charge < -0.3 is 0 Å². The van der Waals surface area contributed by atoms with E-state index in [1.165, 1.54) is 11.8 Å². The number of carbonyl (C=O) groups is 1. The summed E-state index contributed by atoms with van der Waals surface area (Å²) in [5.41, 5.74) is 0. The number of hydrogen-bond acceptors (Lipinski definition) is 2. The zero-order valence-corrected chi connectivity index (χ0v) is 9.88. The molecule has 90 valence electrons. The molecule has 0 spiro atoms. The van der Waals surface area contributed by atoms with Crippen LogP contribution in [0.25, 0.3) is 0 Å². The molecule has 0 aromatic heterocycles. The van der Waals surface area contributed by atoms with Crippen LogP contribution in [0.4, 0.5) is 13.2 Å². The van der Waals surface area contributed by atoms with Crippen molar-refractivity contribution in [3.8, 4) is 0 Å². The number of Topliss-reactive ketones (excluding diaryl/α,β-unsaturated/α-hetero) is 1. The second-order valence-electron chi connectivity index (χ2n) is 3.54. The summed E-state index contributed by atoms with van der Waals surface area (Å²) in [6.45, 7) is 4.03. The van der Waals surface area contributed by atoms with Gasteiger partial charge in [0.2, 0.25) is 0 Å². The zero-order chi connectivity index (χ0) is 11.9. The highest BCUT2D eigenvalue weighted by molar-refractivity contribution is 8.00. The minimum atomic E-state index is -4.13. The van der Waals surface area contributed by atoms with Gasteiger partial charge in [0.15, 0.2) is 0 Å². The lowest BCUT2D eigenvalue weighted by atomic mass is 10.2. The third-order valence-corrected chi connectivity index (χ3v) is 3.41. The Hall–Kier alpha value is -0.190. The van der Waals surface area contributed by atoms with E-state index < -0.39 is 12.6 Å². The van der Waals surface area contributed by atoms with Crippen molar-refractivity contribution in [2.24, 2.45) is 0 Å². The van der Waals surface area contributed by atoms with Crippen LogP contribution >= 0.6 is 11.8 Å². The molecule has 0 amide bonds. The second kappa shape index (κ2) is 7.14. The van der Waals surface area contributed by atoms with E-state index in [-0.39, 0.29) is 18.6 Å². The van der Waals surface area contributed by atoms with E-state index in [0.717, 1.165) is 6.42 Å². The number of hydrogen-bond donors (Lipinski definition) is 0. The second-order valence-corrected chi connectivity index (χ2v) is 4.96. The fourth-order valence-electron chi connectivity index (χ4n) is 0.911. The highest BCUT2D eigenvalue weighted by atomic mass is 32.2. The van der Waals surface area contributed by atoms with Gasteiger partial charge in [-0.3, -0.25) is 4.79 Å². The maximum atomic E-state index is 11.8. The quantitative estimate of drug-likeness (QED) is 0.675. The number of alkyl halides is 3. The molecule has 0 aromatic rings. The van der Waals surface area contributed by atoms with Crippen molar-refractivity contribution in [3.05, 3.63) is 0 Å². The zero-order valence-electron chi connectivity index (χ0n) is 9.06. The smallest absolute Gasteiger partial charge is 0.299 e. The van der Waals surface area contributed by atoms with Crippen LogP contribution < -0.4 is 0 Å². The Kier molecular flexibility index (Phi) is 7.05. The van der Waals surface area contributed by atoms with Crippen LogP contribution in [-0.4, -0.2) is 23.0 Å². The first-order chi connectivity index (χ1) is 6.85. The summed E-state index contributed by atoms with van der Waals surface area (Å²) in [6, 6.07) is 0. The molecule has 0 rings (SSSR count). The van der Waals surface area contributed by atoms with Gasteiger partial charge in [0.05, 0.1) is 5.75 Å². The Labute approximate surface area is 92.8 Å². The highest BCUT2D eigenvalue weighted by Gasteiger charge is 2.26. The van der Waals surface area contributed by atoms with E-state index in [2.05, 4.69) is 0 Å². The number of ketones is 1. The maximum absolute atomic E-state index is 11.8. The van der Waals surface area contributed by atoms with Crippen molar-refractivity contribution in [2.45, 2.75) is 51.0 Å². The van der Waals surface area contributed by atoms with Crippen LogP contribution in [0.3, 0.4) is 0 Å². The predicted octanol–water partition coefficient (Wildman–Crippen LogP) is 3.82. The molecular formula is C10H17F3OS. The van der Waals surface area contributed by atoms with Gasteiger partial charge in [-0.1, -0.05) is 13.8 Å². The molecule has 15 heavy (non-hydrogen) atoms. The lowest BCUT2D eigenvalue weighted by Crippen LogP contribution is -2.10. The lowest BCUT2D eigenvalue weighted by molar-refractivity contribution is -0.136. The summed E-state index contributed by atoms with van der Waals surface area (Å²) in [7, 11) is 0. The molecule has 0 N–H and O–H groups in total. The summed E-state index contributed by atoms with van der Waals surface area (Å²) in [5.74, 6) is 0.261. The molecule has 5 heteroatoms. The van der Waals surface area contributed by atoms with Gasteiger partial charge in [-0.2, -0.15) is 24.9 Å². The maximum Gasteiger partial charge on any atom is 0.389 e. The molecule has 1 nitrogen and oxygen atoms in total. The van der Waals surface area contributed by atoms with Crippen LogP contribution in [0, 0.1) is 0 Å². The lowest BCUT2D eigenvalue weighted by Gasteiger charge is -2.08. The highest BCUT2D eigenvalue weighted by Crippen LogP contribution is 2.22. The van der Waals surface area contributed by atoms with Crippen LogP contribution in [-0.2, 0) is 4.79 Å². The first-order valence-corrected chi connectivity index (χ1v) is 6.10. The van der Waals surface area contributed by atoms with Gasteiger partial charge in [-0.25, -0.2) is 0 Å². The summed E-state index contributed by atoms with van der Waals surface area (Å²) in [6.07, 6.45) is -4.05. The molecule has 0 aliphatic carbocycles. The Morgan fingerprint density at radius 3 is 2.47 bits per heavy atom. The molecule has 1 atom stereocenters. The molecule has 0 aromatic carbocycles. The van der Waals surface area contributed by atoms with Gasteiger partial charge in [0.1, 0.15) is 5.78 Å². The first-order valence-electron chi connectivity index (χ1n) is 5.05. The minimum Gasteiger partial charge on any atom is -0.299 e. The number of rotatable bonds is 7. The Morgan fingerprint density at radius 1 is 1.40 bits per heavy atom. The van der Waals surface area contributed by atoms with Gasteiger partial charge in [-0.05, 0) is 12.8 Å². The molecule has 1 unspecified atom stereocenters. The summed E-state index contributed by atoms with van der Waals surface area (Å²) in [4.78, 5) is 11.2. The third-order valence-electron chi connectivity index (χ3n) is 2.02. The van der Waals surface area contributed by atoms with Crippen LogP contribution in [0.2, 0.25) is 0 Å². The van der Waals surface area contributed by atoms with Gasteiger partial charge >= 0.3 is 6.18 Å². The molecule has 0 saturated carbocycles. The molecule has 0 aliphatic rings. The van der Waals surface area contributed by atoms with Gasteiger partial charge in [0.25, 0.3) is 0 Å². The van der Waals surface area contributed by atoms with Crippen LogP contribution in [0.1, 0.15) is 39.5 Å². The summed E-state index contributed by atoms with van der Waals surface area (Å²) < 4.78 is 35.3. The molecule has 0 heterocycles. The normalized spacial score (nSPS) is 13.9. The van der Waals surface area contributed by atoms with Crippen molar-refractivity contribution >= 4 is 17.5 Å². The number of carbonyl (C=O) groups excluding carboxylic acids is 1. The van der Waals surface area contributed by atoms with E-state index >= 15 is 0 Å². The van der Waals surface area contributed by atoms with Crippen molar-refractivity contribution in [3.63, 3.8) is 0 Å². The Morgan fingerprint density at radius 2 is 2.00 bits per heavy atom. The van der Waals surface area contributed by atoms with E-state index in [4.69, 9.17) is 0 Å². The molecule has 0 bridgehead atoms. The SMILES string of the molecule is CCC(C)SCC(=O)CCCC(F)(F)F. The Balaban J connectivity index is 3.50. The van der Waals surface area contributed by atoms with Crippen LogP contribution in [0.15, 0.2) is 0 Å². The first kappa shape index (κ1) is 14.8. The van der Waals surface area contributed by atoms with Crippen molar-refractivity contribution in [1.82, 2.24) is 0 Å². The third kappa shape index (κ3) is 10.1. The van der Waals surface area contributed by atoms with Gasteiger partial charge in [0, 0.05) is 18.1 Å². The average molecular weight is 242 g/mol. The predicted molar refractivity (Wildman–Crippen MR) is 57.1 cm³/mol. The molecule has 0 saturated heterocycles. The summed E-state index contributed by atoms with van der Waals surface area (Å²) in [5, 5.41) is 0.400.